The largest absolute Gasteiger partial charge is 0.377 e. The van der Waals surface area contributed by atoms with Crippen LogP contribution < -0.4 is 5.32 Å². The molecular weight excluding hydrogens is 188 g/mol. The summed E-state index contributed by atoms with van der Waals surface area (Å²) < 4.78 is 5.82. The zero-order chi connectivity index (χ0) is 11.1. The zero-order valence-corrected chi connectivity index (χ0v) is 10.5. The van der Waals surface area contributed by atoms with Gasteiger partial charge >= 0.3 is 0 Å². The molecule has 0 aromatic heterocycles. The average Bonchev–Trinajstić information content (AvgIpc) is 2.26. The number of likely N-dealkylation sites (tertiary alicyclic amines) is 1. The second kappa shape index (κ2) is 7.20. The monoisotopic (exact) mass is 214 g/mol. The van der Waals surface area contributed by atoms with E-state index in [0.29, 0.717) is 12.1 Å². The van der Waals surface area contributed by atoms with E-state index in [0.717, 1.165) is 26.1 Å². The van der Waals surface area contributed by atoms with Gasteiger partial charge in [0.1, 0.15) is 0 Å². The van der Waals surface area contributed by atoms with E-state index in [-0.39, 0.29) is 0 Å². The Morgan fingerprint density at radius 3 is 3.00 bits per heavy atom. The maximum atomic E-state index is 5.82. The van der Waals surface area contributed by atoms with Crippen LogP contribution in [0.4, 0.5) is 0 Å². The van der Waals surface area contributed by atoms with E-state index in [4.69, 9.17) is 4.74 Å². The molecule has 0 aliphatic carbocycles. The number of hydrogen-bond donors (Lipinski definition) is 1. The predicted octanol–water partition coefficient (Wildman–Crippen LogP) is 1.49. The molecule has 0 spiro atoms. The third kappa shape index (κ3) is 4.96. The molecule has 0 radical (unpaired) electrons. The highest BCUT2D eigenvalue weighted by Crippen LogP contribution is 2.13. The highest BCUT2D eigenvalue weighted by molar-refractivity contribution is 4.76. The van der Waals surface area contributed by atoms with Crippen LogP contribution in [0.15, 0.2) is 0 Å². The molecule has 0 saturated carbocycles. The highest BCUT2D eigenvalue weighted by Gasteiger charge is 2.20. The molecule has 0 aromatic rings. The number of likely N-dealkylation sites (N-methyl/N-ethyl adjacent to an activating group) is 1. The molecule has 3 nitrogen and oxygen atoms in total. The Kier molecular flexibility index (Phi) is 6.22. The van der Waals surface area contributed by atoms with Crippen molar-refractivity contribution in [3.63, 3.8) is 0 Å². The van der Waals surface area contributed by atoms with Gasteiger partial charge in [-0.05, 0) is 39.8 Å². The van der Waals surface area contributed by atoms with Crippen LogP contribution in [-0.2, 0) is 4.74 Å². The van der Waals surface area contributed by atoms with Crippen molar-refractivity contribution in [2.75, 3.05) is 33.3 Å². The van der Waals surface area contributed by atoms with Crippen LogP contribution in [0.1, 0.15) is 33.1 Å². The number of nitrogens with zero attached hydrogens (tertiary/aromatic N) is 1. The van der Waals surface area contributed by atoms with Crippen LogP contribution in [-0.4, -0.2) is 50.3 Å². The van der Waals surface area contributed by atoms with Crippen molar-refractivity contribution < 1.29 is 4.74 Å². The standard InChI is InChI=1S/C12H26N2O/c1-4-8-15-12-6-5-7-14(10-12)9-11(2)13-3/h11-13H,4-10H2,1-3H3. The molecule has 1 fully saturated rings. The molecule has 1 aliphatic rings. The molecule has 15 heavy (non-hydrogen) atoms. The fourth-order valence-corrected chi connectivity index (χ4v) is 2.08. The Morgan fingerprint density at radius 1 is 1.53 bits per heavy atom. The van der Waals surface area contributed by atoms with E-state index in [9.17, 15) is 0 Å². The maximum Gasteiger partial charge on any atom is 0.0702 e. The van der Waals surface area contributed by atoms with Crippen LogP contribution in [0.25, 0.3) is 0 Å². The number of ether oxygens (including phenoxy) is 1. The summed E-state index contributed by atoms with van der Waals surface area (Å²) in [7, 11) is 2.03. The Morgan fingerprint density at radius 2 is 2.33 bits per heavy atom. The number of hydrogen-bond acceptors (Lipinski definition) is 3. The first-order valence-corrected chi connectivity index (χ1v) is 6.27. The van der Waals surface area contributed by atoms with Gasteiger partial charge in [-0.15, -0.1) is 0 Å². The molecule has 0 bridgehead atoms. The van der Waals surface area contributed by atoms with E-state index in [2.05, 4.69) is 24.1 Å². The van der Waals surface area contributed by atoms with Gasteiger partial charge < -0.3 is 10.1 Å². The van der Waals surface area contributed by atoms with Crippen molar-refractivity contribution in [2.45, 2.75) is 45.3 Å². The summed E-state index contributed by atoms with van der Waals surface area (Å²) in [5.74, 6) is 0. The smallest absolute Gasteiger partial charge is 0.0702 e. The molecule has 0 amide bonds. The van der Waals surface area contributed by atoms with E-state index in [1.807, 2.05) is 7.05 Å². The van der Waals surface area contributed by atoms with E-state index in [1.165, 1.54) is 19.4 Å². The summed E-state index contributed by atoms with van der Waals surface area (Å²) in [4.78, 5) is 2.52. The molecule has 1 rings (SSSR count). The molecule has 1 saturated heterocycles. The van der Waals surface area contributed by atoms with Gasteiger partial charge in [0.2, 0.25) is 0 Å². The third-order valence-electron chi connectivity index (χ3n) is 3.04. The normalized spacial score (nSPS) is 25.4. The summed E-state index contributed by atoms with van der Waals surface area (Å²) in [5.41, 5.74) is 0. The fraction of sp³-hybridized carbons (Fsp3) is 1.00. The minimum atomic E-state index is 0.475. The molecule has 90 valence electrons. The lowest BCUT2D eigenvalue weighted by molar-refractivity contribution is -0.00160. The van der Waals surface area contributed by atoms with Crippen LogP contribution in [0, 0.1) is 0 Å². The van der Waals surface area contributed by atoms with Gasteiger partial charge in [0.15, 0.2) is 0 Å². The fourth-order valence-electron chi connectivity index (χ4n) is 2.08. The van der Waals surface area contributed by atoms with Crippen LogP contribution in [0.3, 0.4) is 0 Å². The van der Waals surface area contributed by atoms with E-state index >= 15 is 0 Å². The van der Waals surface area contributed by atoms with Gasteiger partial charge in [-0.3, -0.25) is 4.90 Å². The summed E-state index contributed by atoms with van der Waals surface area (Å²) in [5, 5.41) is 3.29. The zero-order valence-electron chi connectivity index (χ0n) is 10.5. The number of rotatable bonds is 6. The SMILES string of the molecule is CCCOC1CCCN(CC(C)NC)C1. The summed E-state index contributed by atoms with van der Waals surface area (Å²) in [6.07, 6.45) is 4.13. The molecule has 1 N–H and O–H groups in total. The second-order valence-electron chi connectivity index (χ2n) is 4.58. The lowest BCUT2D eigenvalue weighted by Crippen LogP contribution is -2.45. The topological polar surface area (TPSA) is 24.5 Å². The summed E-state index contributed by atoms with van der Waals surface area (Å²) in [6, 6.07) is 0.579. The number of nitrogens with one attached hydrogen (secondary N) is 1. The minimum Gasteiger partial charge on any atom is -0.377 e. The first-order valence-electron chi connectivity index (χ1n) is 6.27. The van der Waals surface area contributed by atoms with Gasteiger partial charge in [-0.1, -0.05) is 6.92 Å². The van der Waals surface area contributed by atoms with Gasteiger partial charge in [0.25, 0.3) is 0 Å². The molecule has 3 heteroatoms. The van der Waals surface area contributed by atoms with Crippen molar-refractivity contribution >= 4 is 0 Å². The summed E-state index contributed by atoms with van der Waals surface area (Å²) >= 11 is 0. The molecular formula is C12H26N2O. The maximum absolute atomic E-state index is 5.82. The van der Waals surface area contributed by atoms with E-state index < -0.39 is 0 Å². The molecule has 2 atom stereocenters. The second-order valence-corrected chi connectivity index (χ2v) is 4.58. The first-order chi connectivity index (χ1) is 7.26. The lowest BCUT2D eigenvalue weighted by Gasteiger charge is -2.34. The number of piperidine rings is 1. The van der Waals surface area contributed by atoms with Crippen molar-refractivity contribution in [3.05, 3.63) is 0 Å². The van der Waals surface area contributed by atoms with Gasteiger partial charge in [-0.2, -0.15) is 0 Å². The third-order valence-corrected chi connectivity index (χ3v) is 3.04. The summed E-state index contributed by atoms with van der Waals surface area (Å²) in [6.45, 7) is 8.81. The van der Waals surface area contributed by atoms with Gasteiger partial charge in [0.05, 0.1) is 6.10 Å². The van der Waals surface area contributed by atoms with Crippen LogP contribution >= 0.6 is 0 Å². The Balaban J connectivity index is 2.22. The van der Waals surface area contributed by atoms with Gasteiger partial charge in [0, 0.05) is 25.7 Å². The van der Waals surface area contributed by atoms with Crippen molar-refractivity contribution in [1.82, 2.24) is 10.2 Å². The van der Waals surface area contributed by atoms with Crippen LogP contribution in [0.5, 0.6) is 0 Å². The molecule has 0 aromatic carbocycles. The Hall–Kier alpha value is -0.120. The Labute approximate surface area is 94.2 Å². The van der Waals surface area contributed by atoms with Crippen molar-refractivity contribution in [2.24, 2.45) is 0 Å². The highest BCUT2D eigenvalue weighted by atomic mass is 16.5. The Bertz CT molecular complexity index is 164. The lowest BCUT2D eigenvalue weighted by atomic mass is 10.1. The quantitative estimate of drug-likeness (QED) is 0.725. The average molecular weight is 214 g/mol. The van der Waals surface area contributed by atoms with E-state index in [1.54, 1.807) is 0 Å². The van der Waals surface area contributed by atoms with Crippen LogP contribution in [0.2, 0.25) is 0 Å². The van der Waals surface area contributed by atoms with Crippen molar-refractivity contribution in [1.29, 1.82) is 0 Å². The predicted molar refractivity (Wildman–Crippen MR) is 64.2 cm³/mol. The first kappa shape index (κ1) is 12.9. The minimum absolute atomic E-state index is 0.475. The molecule has 1 aliphatic heterocycles. The van der Waals surface area contributed by atoms with Gasteiger partial charge in [-0.25, -0.2) is 0 Å². The molecule has 1 heterocycles. The molecule has 2 unspecified atom stereocenters. The van der Waals surface area contributed by atoms with Crippen molar-refractivity contribution in [3.8, 4) is 0 Å².